The number of nitrogens with one attached hydrogen (secondary N) is 1. The Morgan fingerprint density at radius 3 is 1.88 bits per heavy atom. The largest absolute Gasteiger partial charge is 0.490 e. The van der Waals surface area contributed by atoms with Crippen molar-refractivity contribution in [1.29, 1.82) is 0 Å². The van der Waals surface area contributed by atoms with E-state index in [-0.39, 0.29) is 12.5 Å². The number of hydrogen-bond donors (Lipinski definition) is 3. The summed E-state index contributed by atoms with van der Waals surface area (Å²) in [6.07, 6.45) is -4.17. The van der Waals surface area contributed by atoms with Crippen LogP contribution in [0.4, 0.5) is 13.2 Å². The molecule has 0 fully saturated rings. The second kappa shape index (κ2) is 14.0. The number of nitrogens with two attached hydrogens (primary N) is 1. The zero-order chi connectivity index (χ0) is 25.7. The van der Waals surface area contributed by atoms with E-state index in [4.69, 9.17) is 20.4 Å². The van der Waals surface area contributed by atoms with Crippen molar-refractivity contribution in [2.45, 2.75) is 51.6 Å². The van der Waals surface area contributed by atoms with E-state index in [0.29, 0.717) is 18.8 Å². The molecule has 1 amide bonds. The van der Waals surface area contributed by atoms with E-state index >= 15 is 0 Å². The first-order valence-corrected chi connectivity index (χ1v) is 10.5. The van der Waals surface area contributed by atoms with Gasteiger partial charge in [-0.1, -0.05) is 74.5 Å². The predicted octanol–water partition coefficient (Wildman–Crippen LogP) is 3.46. The van der Waals surface area contributed by atoms with Crippen LogP contribution in [0.5, 0.6) is 0 Å². The van der Waals surface area contributed by atoms with Crippen LogP contribution in [0, 0.1) is 5.92 Å². The number of carbonyl (C=O) groups excluding carboxylic acids is 2. The van der Waals surface area contributed by atoms with Crippen LogP contribution < -0.4 is 11.1 Å². The fourth-order valence-electron chi connectivity index (χ4n) is 2.77. The smallest absolute Gasteiger partial charge is 0.475 e. The van der Waals surface area contributed by atoms with Crippen LogP contribution in [0.15, 0.2) is 60.7 Å². The zero-order valence-corrected chi connectivity index (χ0v) is 18.9. The summed E-state index contributed by atoms with van der Waals surface area (Å²) in [5, 5.41) is 9.89. The summed E-state index contributed by atoms with van der Waals surface area (Å²) in [6, 6.07) is 17.6. The number of hydrogen-bond acceptors (Lipinski definition) is 5. The highest BCUT2D eigenvalue weighted by Crippen LogP contribution is 2.13. The molecule has 0 heterocycles. The van der Waals surface area contributed by atoms with Crippen LogP contribution in [0.3, 0.4) is 0 Å². The molecule has 0 aliphatic heterocycles. The van der Waals surface area contributed by atoms with Gasteiger partial charge in [0.15, 0.2) is 0 Å². The van der Waals surface area contributed by atoms with Gasteiger partial charge < -0.3 is 20.9 Å². The van der Waals surface area contributed by atoms with Gasteiger partial charge >= 0.3 is 18.1 Å². The van der Waals surface area contributed by atoms with Gasteiger partial charge in [0.25, 0.3) is 0 Å². The van der Waals surface area contributed by atoms with Crippen molar-refractivity contribution >= 4 is 17.8 Å². The third-order valence-corrected chi connectivity index (χ3v) is 4.41. The molecule has 4 N–H and O–H groups in total. The molecule has 34 heavy (non-hydrogen) atoms. The van der Waals surface area contributed by atoms with E-state index in [2.05, 4.69) is 5.32 Å². The Morgan fingerprint density at radius 2 is 1.44 bits per heavy atom. The monoisotopic (exact) mass is 482 g/mol. The molecule has 0 bridgehead atoms. The van der Waals surface area contributed by atoms with Gasteiger partial charge in [-0.15, -0.1) is 0 Å². The molecule has 0 aromatic heterocycles. The van der Waals surface area contributed by atoms with E-state index in [9.17, 15) is 22.8 Å². The Hall–Kier alpha value is -3.40. The number of amides is 1. The number of halogens is 3. The van der Waals surface area contributed by atoms with Crippen molar-refractivity contribution < 1.29 is 37.4 Å². The van der Waals surface area contributed by atoms with Gasteiger partial charge in [0.05, 0.1) is 6.04 Å². The standard InChI is InChI=1S/C22H28N2O3.C2HF3O2/c1-16(2)13-19(23)21(25)24-20(14-17-9-5-3-6-10-17)22(26)27-15-18-11-7-4-8-12-18;3-2(4,5)1(6)7/h3-12,16,19-20H,13-15,23H2,1-2H3,(H,24,25);(H,6,7)/t19-,20-;/m0./s1. The third kappa shape index (κ3) is 11.5. The molecule has 0 radical (unpaired) electrons. The first-order chi connectivity index (χ1) is 15.9. The van der Waals surface area contributed by atoms with Gasteiger partial charge in [0, 0.05) is 6.42 Å². The number of carbonyl (C=O) groups is 3. The van der Waals surface area contributed by atoms with Gasteiger partial charge in [-0.25, -0.2) is 9.59 Å². The van der Waals surface area contributed by atoms with E-state index in [1.807, 2.05) is 74.5 Å². The maximum atomic E-state index is 12.6. The van der Waals surface area contributed by atoms with Crippen molar-refractivity contribution in [3.8, 4) is 0 Å². The summed E-state index contributed by atoms with van der Waals surface area (Å²) in [5.41, 5.74) is 7.80. The Balaban J connectivity index is 0.000000718. The summed E-state index contributed by atoms with van der Waals surface area (Å²) < 4.78 is 37.2. The first-order valence-electron chi connectivity index (χ1n) is 10.5. The van der Waals surface area contributed by atoms with Gasteiger partial charge in [-0.2, -0.15) is 13.2 Å². The lowest BCUT2D eigenvalue weighted by molar-refractivity contribution is -0.192. The van der Waals surface area contributed by atoms with Gasteiger partial charge in [-0.05, 0) is 23.5 Å². The predicted molar refractivity (Wildman–Crippen MR) is 119 cm³/mol. The zero-order valence-electron chi connectivity index (χ0n) is 18.9. The Bertz CT molecular complexity index is 906. The molecule has 0 aliphatic carbocycles. The minimum absolute atomic E-state index is 0.166. The molecule has 10 heteroatoms. The molecule has 0 saturated carbocycles. The molecule has 7 nitrogen and oxygen atoms in total. The molecule has 0 aliphatic rings. The van der Waals surface area contributed by atoms with Crippen LogP contribution in [-0.4, -0.2) is 41.2 Å². The van der Waals surface area contributed by atoms with E-state index in [1.165, 1.54) is 0 Å². The Kier molecular flexibility index (Phi) is 11.8. The van der Waals surface area contributed by atoms with Gasteiger partial charge in [0.1, 0.15) is 12.6 Å². The number of carboxylic acids is 1. The fraction of sp³-hybridized carbons (Fsp3) is 0.375. The average Bonchev–Trinajstić information content (AvgIpc) is 2.77. The summed E-state index contributed by atoms with van der Waals surface area (Å²) >= 11 is 0. The lowest BCUT2D eigenvalue weighted by atomic mass is 10.0. The number of ether oxygens (including phenoxy) is 1. The normalized spacial score (nSPS) is 12.7. The highest BCUT2D eigenvalue weighted by Gasteiger charge is 2.38. The van der Waals surface area contributed by atoms with Crippen LogP contribution in [0.1, 0.15) is 31.4 Å². The number of benzene rings is 2. The van der Waals surface area contributed by atoms with Gasteiger partial charge in [-0.3, -0.25) is 4.79 Å². The topological polar surface area (TPSA) is 119 Å². The van der Waals surface area contributed by atoms with Crippen LogP contribution in [0.2, 0.25) is 0 Å². The van der Waals surface area contributed by atoms with Crippen molar-refractivity contribution in [2.24, 2.45) is 11.7 Å². The highest BCUT2D eigenvalue weighted by atomic mass is 19.4. The van der Waals surface area contributed by atoms with Crippen molar-refractivity contribution in [2.75, 3.05) is 0 Å². The summed E-state index contributed by atoms with van der Waals surface area (Å²) in [5.74, 6) is -3.26. The maximum absolute atomic E-state index is 12.6. The summed E-state index contributed by atoms with van der Waals surface area (Å²) in [4.78, 5) is 33.9. The molecule has 2 atom stereocenters. The molecule has 2 aromatic rings. The minimum atomic E-state index is -5.08. The maximum Gasteiger partial charge on any atom is 0.490 e. The molecular formula is C24H29F3N2O5. The molecule has 0 saturated heterocycles. The average molecular weight is 482 g/mol. The third-order valence-electron chi connectivity index (χ3n) is 4.41. The fourth-order valence-corrected chi connectivity index (χ4v) is 2.77. The highest BCUT2D eigenvalue weighted by molar-refractivity contribution is 5.87. The van der Waals surface area contributed by atoms with E-state index < -0.39 is 30.2 Å². The number of rotatable bonds is 9. The van der Waals surface area contributed by atoms with Crippen molar-refractivity contribution in [3.05, 3.63) is 71.8 Å². The molecule has 2 aromatic carbocycles. The molecule has 2 rings (SSSR count). The summed E-state index contributed by atoms with van der Waals surface area (Å²) in [6.45, 7) is 4.17. The van der Waals surface area contributed by atoms with E-state index in [1.54, 1.807) is 0 Å². The second-order valence-corrected chi connectivity index (χ2v) is 7.88. The van der Waals surface area contributed by atoms with Crippen LogP contribution in [-0.2, 0) is 32.1 Å². The van der Waals surface area contributed by atoms with Gasteiger partial charge in [0.2, 0.25) is 5.91 Å². The molecular weight excluding hydrogens is 453 g/mol. The molecule has 0 unspecified atom stereocenters. The van der Waals surface area contributed by atoms with Crippen molar-refractivity contribution in [3.63, 3.8) is 0 Å². The SMILES string of the molecule is CC(C)C[C@H](N)C(=O)N[C@@H](Cc1ccccc1)C(=O)OCc1ccccc1.O=C(O)C(F)(F)F. The molecule has 0 spiro atoms. The minimum Gasteiger partial charge on any atom is -0.475 e. The van der Waals surface area contributed by atoms with Crippen LogP contribution in [0.25, 0.3) is 0 Å². The van der Waals surface area contributed by atoms with E-state index in [0.717, 1.165) is 11.1 Å². The number of esters is 1. The Morgan fingerprint density at radius 1 is 0.971 bits per heavy atom. The number of alkyl halides is 3. The summed E-state index contributed by atoms with van der Waals surface area (Å²) in [7, 11) is 0. The molecule has 186 valence electrons. The lowest BCUT2D eigenvalue weighted by Gasteiger charge is -2.21. The Labute approximate surface area is 196 Å². The first kappa shape index (κ1) is 28.6. The second-order valence-electron chi connectivity index (χ2n) is 7.88. The lowest BCUT2D eigenvalue weighted by Crippen LogP contribution is -2.50. The number of carboxylic acid groups (broad SMARTS) is 1. The number of aliphatic carboxylic acids is 1. The van der Waals surface area contributed by atoms with Crippen LogP contribution >= 0.6 is 0 Å². The quantitative estimate of drug-likeness (QED) is 0.471. The van der Waals surface area contributed by atoms with Crippen molar-refractivity contribution in [1.82, 2.24) is 5.32 Å².